The molecule has 0 bridgehead atoms. The second-order valence-electron chi connectivity index (χ2n) is 7.30. The molecule has 4 aliphatic rings. The highest BCUT2D eigenvalue weighted by molar-refractivity contribution is 5.91. The van der Waals surface area contributed by atoms with Crippen LogP contribution in [-0.4, -0.2) is 42.0 Å². The highest BCUT2D eigenvalue weighted by atomic mass is 19.1. The van der Waals surface area contributed by atoms with E-state index >= 15 is 0 Å². The van der Waals surface area contributed by atoms with Crippen LogP contribution in [0.4, 0.5) is 4.39 Å². The zero-order valence-corrected chi connectivity index (χ0v) is 14.4. The normalized spacial score (nSPS) is 31.0. The molecule has 1 fully saturated rings. The van der Waals surface area contributed by atoms with Crippen molar-refractivity contribution in [2.75, 3.05) is 13.1 Å². The molecule has 4 rings (SSSR count). The molecule has 0 radical (unpaired) electrons. The Bertz CT molecular complexity index is 710. The third-order valence-corrected chi connectivity index (χ3v) is 5.37. The van der Waals surface area contributed by atoms with Gasteiger partial charge >= 0.3 is 0 Å². The SMILES string of the molecule is O=C(NC1=CC=C2C=[N+](CC3C=C[C@H](F)CC3)C=C21)[C@@H]1CCCCN1. The Labute approximate surface area is 147 Å². The molecule has 2 aliphatic carbocycles. The summed E-state index contributed by atoms with van der Waals surface area (Å²) in [6.45, 7) is 1.77. The van der Waals surface area contributed by atoms with E-state index in [0.29, 0.717) is 12.3 Å². The lowest BCUT2D eigenvalue weighted by Gasteiger charge is -2.22. The van der Waals surface area contributed by atoms with Gasteiger partial charge in [-0.2, -0.15) is 0 Å². The second-order valence-corrected chi connectivity index (χ2v) is 7.30. The monoisotopic (exact) mass is 342 g/mol. The molecule has 1 unspecified atom stereocenters. The lowest BCUT2D eigenvalue weighted by molar-refractivity contribution is -0.456. The molecule has 5 heteroatoms. The average Bonchev–Trinajstić information content (AvgIpc) is 3.19. The van der Waals surface area contributed by atoms with E-state index < -0.39 is 6.17 Å². The van der Waals surface area contributed by atoms with Gasteiger partial charge in [0.1, 0.15) is 6.17 Å². The Kier molecular flexibility index (Phi) is 4.66. The van der Waals surface area contributed by atoms with Crippen molar-refractivity contribution in [3.05, 3.63) is 47.3 Å². The smallest absolute Gasteiger partial charge is 0.241 e. The number of carbonyl (C=O) groups excluding carboxylic acids is 1. The summed E-state index contributed by atoms with van der Waals surface area (Å²) in [6.07, 6.45) is 15.8. The Morgan fingerprint density at radius 1 is 1.24 bits per heavy atom. The van der Waals surface area contributed by atoms with Crippen molar-refractivity contribution < 1.29 is 13.8 Å². The molecule has 3 atom stereocenters. The zero-order chi connectivity index (χ0) is 17.2. The number of nitrogens with one attached hydrogen (secondary N) is 2. The van der Waals surface area contributed by atoms with Gasteiger partial charge < -0.3 is 10.6 Å². The van der Waals surface area contributed by atoms with Gasteiger partial charge in [-0.15, -0.1) is 0 Å². The molecule has 1 saturated heterocycles. The van der Waals surface area contributed by atoms with E-state index in [9.17, 15) is 9.18 Å². The Hall–Kier alpha value is -2.01. The van der Waals surface area contributed by atoms with E-state index in [0.717, 1.165) is 55.6 Å². The summed E-state index contributed by atoms with van der Waals surface area (Å²) in [5.74, 6) is 0.442. The highest BCUT2D eigenvalue weighted by Gasteiger charge is 2.30. The van der Waals surface area contributed by atoms with Crippen LogP contribution < -0.4 is 10.6 Å². The number of carbonyl (C=O) groups is 1. The zero-order valence-electron chi connectivity index (χ0n) is 14.4. The summed E-state index contributed by atoms with van der Waals surface area (Å²) < 4.78 is 15.4. The summed E-state index contributed by atoms with van der Waals surface area (Å²) in [7, 11) is 0. The topological polar surface area (TPSA) is 44.1 Å². The summed E-state index contributed by atoms with van der Waals surface area (Å²) in [5, 5.41) is 6.37. The maximum atomic E-state index is 13.2. The molecular formula is C20H25FN3O+. The number of hydrogen-bond acceptors (Lipinski definition) is 2. The number of alkyl halides is 1. The second kappa shape index (κ2) is 7.08. The molecule has 0 spiro atoms. The molecular weight excluding hydrogens is 317 g/mol. The Balaban J connectivity index is 1.36. The van der Waals surface area contributed by atoms with Crippen LogP contribution in [0.1, 0.15) is 32.1 Å². The van der Waals surface area contributed by atoms with Gasteiger partial charge in [0.15, 0.2) is 19.0 Å². The molecule has 25 heavy (non-hydrogen) atoms. The lowest BCUT2D eigenvalue weighted by Crippen LogP contribution is -2.46. The number of piperidine rings is 1. The summed E-state index contributed by atoms with van der Waals surface area (Å²) in [5.41, 5.74) is 3.09. The average molecular weight is 342 g/mol. The Morgan fingerprint density at radius 3 is 2.92 bits per heavy atom. The Morgan fingerprint density at radius 2 is 2.16 bits per heavy atom. The fourth-order valence-corrected chi connectivity index (χ4v) is 3.92. The van der Waals surface area contributed by atoms with Crippen LogP contribution in [0.5, 0.6) is 0 Å². The van der Waals surface area contributed by atoms with Crippen molar-refractivity contribution in [2.45, 2.75) is 44.3 Å². The molecule has 2 heterocycles. The van der Waals surface area contributed by atoms with E-state index in [1.54, 1.807) is 6.08 Å². The molecule has 0 aromatic carbocycles. The van der Waals surface area contributed by atoms with Crippen LogP contribution >= 0.6 is 0 Å². The van der Waals surface area contributed by atoms with E-state index in [1.807, 2.05) is 18.2 Å². The fourth-order valence-electron chi connectivity index (χ4n) is 3.92. The molecule has 0 saturated carbocycles. The van der Waals surface area contributed by atoms with Crippen molar-refractivity contribution >= 4 is 12.1 Å². The van der Waals surface area contributed by atoms with Gasteiger partial charge in [-0.05, 0) is 44.4 Å². The number of nitrogens with zero attached hydrogens (tertiary/aromatic N) is 1. The van der Waals surface area contributed by atoms with Crippen molar-refractivity contribution in [1.82, 2.24) is 10.6 Å². The maximum Gasteiger partial charge on any atom is 0.241 e. The van der Waals surface area contributed by atoms with Gasteiger partial charge in [0.2, 0.25) is 5.91 Å². The van der Waals surface area contributed by atoms with Gasteiger partial charge in [-0.3, -0.25) is 4.79 Å². The van der Waals surface area contributed by atoms with Crippen LogP contribution in [0, 0.1) is 5.92 Å². The molecule has 2 N–H and O–H groups in total. The minimum Gasteiger partial charge on any atom is -0.324 e. The summed E-state index contributed by atoms with van der Waals surface area (Å²) >= 11 is 0. The molecule has 1 amide bonds. The van der Waals surface area contributed by atoms with E-state index in [2.05, 4.69) is 27.6 Å². The number of amides is 1. The molecule has 2 aliphatic heterocycles. The van der Waals surface area contributed by atoms with Crippen LogP contribution in [0.15, 0.2) is 47.3 Å². The third-order valence-electron chi connectivity index (χ3n) is 5.37. The third kappa shape index (κ3) is 3.66. The maximum absolute atomic E-state index is 13.2. The standard InChI is InChI=1S/C20H24FN3O/c21-16-7-4-14(5-8-16)11-24-12-15-6-9-18(17(15)13-24)23-20(25)19-3-1-2-10-22-19/h4,6-7,9,12-14,16,19,22H,1-3,5,8,10-11H2/p+1/t14?,16-,19-/m0/s1. The fraction of sp³-hybridized carbons (Fsp3) is 0.500. The van der Waals surface area contributed by atoms with E-state index in [1.165, 1.54) is 0 Å². The van der Waals surface area contributed by atoms with Crippen molar-refractivity contribution in [3.8, 4) is 0 Å². The van der Waals surface area contributed by atoms with Gasteiger partial charge in [-0.1, -0.05) is 18.6 Å². The van der Waals surface area contributed by atoms with Crippen molar-refractivity contribution in [2.24, 2.45) is 5.92 Å². The number of allylic oxidation sites excluding steroid dienone is 4. The molecule has 132 valence electrons. The number of fused-ring (bicyclic) bond motifs is 1. The van der Waals surface area contributed by atoms with Crippen LogP contribution in [0.2, 0.25) is 0 Å². The van der Waals surface area contributed by atoms with Crippen LogP contribution in [0.3, 0.4) is 0 Å². The van der Waals surface area contributed by atoms with E-state index in [4.69, 9.17) is 0 Å². The first-order chi connectivity index (χ1) is 12.2. The first-order valence-electron chi connectivity index (χ1n) is 9.31. The van der Waals surface area contributed by atoms with Crippen molar-refractivity contribution in [1.29, 1.82) is 0 Å². The van der Waals surface area contributed by atoms with Gasteiger partial charge in [0, 0.05) is 5.92 Å². The molecule has 4 nitrogen and oxygen atoms in total. The highest BCUT2D eigenvalue weighted by Crippen LogP contribution is 2.28. The number of rotatable bonds is 4. The summed E-state index contributed by atoms with van der Waals surface area (Å²) in [6, 6.07) is -0.0817. The van der Waals surface area contributed by atoms with Crippen LogP contribution in [0.25, 0.3) is 0 Å². The predicted molar refractivity (Wildman–Crippen MR) is 96.0 cm³/mol. The van der Waals surface area contributed by atoms with Gasteiger partial charge in [0.05, 0.1) is 22.9 Å². The first-order valence-corrected chi connectivity index (χ1v) is 9.31. The van der Waals surface area contributed by atoms with E-state index in [-0.39, 0.29) is 11.9 Å². The van der Waals surface area contributed by atoms with Crippen molar-refractivity contribution in [3.63, 3.8) is 0 Å². The van der Waals surface area contributed by atoms with Crippen LogP contribution in [-0.2, 0) is 4.79 Å². The molecule has 0 aromatic rings. The largest absolute Gasteiger partial charge is 0.324 e. The molecule has 0 aromatic heterocycles. The first kappa shape index (κ1) is 16.5. The van der Waals surface area contributed by atoms with Gasteiger partial charge in [-0.25, -0.2) is 8.97 Å². The quantitative estimate of drug-likeness (QED) is 0.608. The summed E-state index contributed by atoms with van der Waals surface area (Å²) in [4.78, 5) is 12.4. The lowest BCUT2D eigenvalue weighted by atomic mass is 9.95. The number of hydrogen-bond donors (Lipinski definition) is 2. The minimum absolute atomic E-state index is 0.0594. The number of halogens is 1. The predicted octanol–water partition coefficient (Wildman–Crippen LogP) is 2.35. The minimum atomic E-state index is -0.780. The van der Waals surface area contributed by atoms with Gasteiger partial charge in [0.25, 0.3) is 0 Å².